The number of piperazine rings is 1. The molecule has 2 aliphatic heterocycles. The van der Waals surface area contributed by atoms with Crippen molar-refractivity contribution in [2.75, 3.05) is 37.6 Å². The second-order valence-corrected chi connectivity index (χ2v) is 5.41. The highest BCUT2D eigenvalue weighted by molar-refractivity contribution is 5.97. The van der Waals surface area contributed by atoms with E-state index in [0.29, 0.717) is 12.2 Å². The smallest absolute Gasteiger partial charge is 0.244 e. The van der Waals surface area contributed by atoms with Crippen molar-refractivity contribution in [3.63, 3.8) is 0 Å². The van der Waals surface area contributed by atoms with Gasteiger partial charge in [-0.3, -0.25) is 9.69 Å². The van der Waals surface area contributed by atoms with Crippen molar-refractivity contribution in [2.45, 2.75) is 18.9 Å². The maximum Gasteiger partial charge on any atom is 0.244 e. The van der Waals surface area contributed by atoms with Crippen LogP contribution in [0.25, 0.3) is 0 Å². The van der Waals surface area contributed by atoms with Crippen LogP contribution in [-0.4, -0.2) is 49.6 Å². The molecule has 124 valence electrons. The molecule has 1 atom stereocenters. The fraction of sp³-hybridized carbons (Fsp3) is 0.533. The Morgan fingerprint density at radius 1 is 1.14 bits per heavy atom. The molecule has 2 aliphatic rings. The van der Waals surface area contributed by atoms with Gasteiger partial charge in [-0.15, -0.1) is 24.8 Å². The summed E-state index contributed by atoms with van der Waals surface area (Å²) in [5.41, 5.74) is 0.676. The molecule has 1 aromatic rings. The largest absolute Gasteiger partial charge is 0.314 e. The predicted octanol–water partition coefficient (Wildman–Crippen LogP) is 2.07. The van der Waals surface area contributed by atoms with E-state index >= 15 is 0 Å². The summed E-state index contributed by atoms with van der Waals surface area (Å²) in [5, 5.41) is 3.30. The summed E-state index contributed by atoms with van der Waals surface area (Å²) in [7, 11) is 0. The number of carbonyl (C=O) groups is 1. The van der Waals surface area contributed by atoms with Crippen LogP contribution in [-0.2, 0) is 4.79 Å². The lowest BCUT2D eigenvalue weighted by atomic mass is 10.0. The molecule has 0 aromatic heterocycles. The van der Waals surface area contributed by atoms with Gasteiger partial charge in [0, 0.05) is 38.4 Å². The Kier molecular flexibility index (Phi) is 7.56. The van der Waals surface area contributed by atoms with Crippen molar-refractivity contribution >= 4 is 36.4 Å². The summed E-state index contributed by atoms with van der Waals surface area (Å²) >= 11 is 0. The number of benzene rings is 1. The summed E-state index contributed by atoms with van der Waals surface area (Å²) in [5.74, 6) is -0.177. The van der Waals surface area contributed by atoms with Crippen molar-refractivity contribution < 1.29 is 9.18 Å². The van der Waals surface area contributed by atoms with Crippen LogP contribution in [0.5, 0.6) is 0 Å². The zero-order valence-corrected chi connectivity index (χ0v) is 14.0. The molecule has 2 saturated heterocycles. The number of hydrogen-bond acceptors (Lipinski definition) is 3. The summed E-state index contributed by atoms with van der Waals surface area (Å²) in [4.78, 5) is 16.7. The second-order valence-electron chi connectivity index (χ2n) is 5.41. The predicted molar refractivity (Wildman–Crippen MR) is 90.7 cm³/mol. The van der Waals surface area contributed by atoms with E-state index in [2.05, 4.69) is 10.2 Å². The SMILES string of the molecule is Cl.Cl.O=C1C(N2CCNCC2)CCCN1c1cccc(F)c1. The minimum Gasteiger partial charge on any atom is -0.314 e. The first kappa shape index (κ1) is 19.2. The van der Waals surface area contributed by atoms with Crippen LogP contribution in [0, 0.1) is 5.82 Å². The van der Waals surface area contributed by atoms with Gasteiger partial charge in [0.25, 0.3) is 0 Å². The zero-order chi connectivity index (χ0) is 13.9. The van der Waals surface area contributed by atoms with Gasteiger partial charge in [-0.2, -0.15) is 0 Å². The number of anilines is 1. The van der Waals surface area contributed by atoms with Crippen LogP contribution in [0.15, 0.2) is 24.3 Å². The molecule has 0 saturated carbocycles. The van der Waals surface area contributed by atoms with Crippen molar-refractivity contribution in [2.24, 2.45) is 0 Å². The highest BCUT2D eigenvalue weighted by Crippen LogP contribution is 2.24. The molecule has 2 heterocycles. The lowest BCUT2D eigenvalue weighted by Crippen LogP contribution is -2.57. The molecule has 0 bridgehead atoms. The Morgan fingerprint density at radius 2 is 1.86 bits per heavy atom. The van der Waals surface area contributed by atoms with E-state index in [4.69, 9.17) is 0 Å². The Morgan fingerprint density at radius 3 is 2.55 bits per heavy atom. The van der Waals surface area contributed by atoms with Gasteiger partial charge < -0.3 is 10.2 Å². The van der Waals surface area contributed by atoms with Crippen LogP contribution in [0.1, 0.15) is 12.8 Å². The quantitative estimate of drug-likeness (QED) is 0.887. The van der Waals surface area contributed by atoms with Gasteiger partial charge in [-0.25, -0.2) is 4.39 Å². The fourth-order valence-electron chi connectivity index (χ4n) is 3.09. The van der Waals surface area contributed by atoms with Crippen LogP contribution < -0.4 is 10.2 Å². The number of nitrogens with one attached hydrogen (secondary N) is 1. The lowest BCUT2D eigenvalue weighted by molar-refractivity contribution is -0.125. The highest BCUT2D eigenvalue weighted by atomic mass is 35.5. The number of hydrogen-bond donors (Lipinski definition) is 1. The summed E-state index contributed by atoms with van der Waals surface area (Å²) in [6, 6.07) is 6.27. The number of rotatable bonds is 2. The Hall–Kier alpha value is -0.880. The number of piperidine rings is 1. The molecule has 0 radical (unpaired) electrons. The van der Waals surface area contributed by atoms with Crippen molar-refractivity contribution in [3.05, 3.63) is 30.1 Å². The van der Waals surface area contributed by atoms with E-state index in [0.717, 1.165) is 39.0 Å². The minimum atomic E-state index is -0.292. The van der Waals surface area contributed by atoms with E-state index in [1.54, 1.807) is 17.0 Å². The van der Waals surface area contributed by atoms with Crippen LogP contribution in [0.4, 0.5) is 10.1 Å². The third kappa shape index (κ3) is 4.10. The molecule has 7 heteroatoms. The maximum absolute atomic E-state index is 13.3. The Labute approximate surface area is 142 Å². The normalized spacial score (nSPS) is 22.7. The molecule has 1 aromatic carbocycles. The second kappa shape index (κ2) is 8.67. The minimum absolute atomic E-state index is 0. The third-order valence-corrected chi connectivity index (χ3v) is 4.12. The lowest BCUT2D eigenvalue weighted by Gasteiger charge is -2.40. The number of halogens is 3. The third-order valence-electron chi connectivity index (χ3n) is 4.12. The van der Waals surface area contributed by atoms with Crippen molar-refractivity contribution in [1.29, 1.82) is 0 Å². The van der Waals surface area contributed by atoms with Crippen molar-refractivity contribution in [1.82, 2.24) is 10.2 Å². The first-order valence-corrected chi connectivity index (χ1v) is 7.27. The molecule has 0 spiro atoms. The van der Waals surface area contributed by atoms with Gasteiger partial charge in [0.2, 0.25) is 5.91 Å². The molecule has 3 rings (SSSR count). The van der Waals surface area contributed by atoms with E-state index in [1.165, 1.54) is 12.1 Å². The van der Waals surface area contributed by atoms with E-state index < -0.39 is 0 Å². The van der Waals surface area contributed by atoms with E-state index in [-0.39, 0.29) is 42.6 Å². The monoisotopic (exact) mass is 349 g/mol. The topological polar surface area (TPSA) is 35.6 Å². The van der Waals surface area contributed by atoms with Crippen LogP contribution in [0.2, 0.25) is 0 Å². The summed E-state index contributed by atoms with van der Waals surface area (Å²) in [6.07, 6.45) is 1.88. The van der Waals surface area contributed by atoms with Gasteiger partial charge in [0.05, 0.1) is 6.04 Å². The molecule has 2 fully saturated rings. The molecular weight excluding hydrogens is 328 g/mol. The number of carbonyl (C=O) groups excluding carboxylic acids is 1. The van der Waals surface area contributed by atoms with Gasteiger partial charge in [-0.05, 0) is 31.0 Å². The molecule has 1 unspecified atom stereocenters. The summed E-state index contributed by atoms with van der Waals surface area (Å²) in [6.45, 7) is 4.37. The number of nitrogens with zero attached hydrogens (tertiary/aromatic N) is 2. The average molecular weight is 350 g/mol. The Balaban J connectivity index is 0.00000121. The summed E-state index contributed by atoms with van der Waals surface area (Å²) < 4.78 is 13.3. The standard InChI is InChI=1S/C15H20FN3O.2ClH/c16-12-3-1-4-13(11-12)19-8-2-5-14(15(19)20)18-9-6-17-7-10-18;;/h1,3-4,11,14,17H,2,5-10H2;2*1H. The number of amides is 1. The molecule has 1 amide bonds. The van der Waals surface area contributed by atoms with E-state index in [1.807, 2.05) is 0 Å². The first-order chi connectivity index (χ1) is 9.75. The fourth-order valence-corrected chi connectivity index (χ4v) is 3.09. The van der Waals surface area contributed by atoms with Gasteiger partial charge >= 0.3 is 0 Å². The van der Waals surface area contributed by atoms with Gasteiger partial charge in [0.15, 0.2) is 0 Å². The van der Waals surface area contributed by atoms with Gasteiger partial charge in [-0.1, -0.05) is 6.07 Å². The first-order valence-electron chi connectivity index (χ1n) is 7.27. The highest BCUT2D eigenvalue weighted by Gasteiger charge is 2.34. The van der Waals surface area contributed by atoms with Crippen LogP contribution >= 0.6 is 24.8 Å². The molecule has 22 heavy (non-hydrogen) atoms. The molecular formula is C15H22Cl2FN3O. The molecule has 1 N–H and O–H groups in total. The van der Waals surface area contributed by atoms with Crippen LogP contribution in [0.3, 0.4) is 0 Å². The Bertz CT molecular complexity index is 497. The average Bonchev–Trinajstić information content (AvgIpc) is 2.48. The molecule has 4 nitrogen and oxygen atoms in total. The molecule has 0 aliphatic carbocycles. The maximum atomic E-state index is 13.3. The van der Waals surface area contributed by atoms with Crippen molar-refractivity contribution in [3.8, 4) is 0 Å². The van der Waals surface area contributed by atoms with Gasteiger partial charge in [0.1, 0.15) is 5.82 Å². The van der Waals surface area contributed by atoms with E-state index in [9.17, 15) is 9.18 Å². The zero-order valence-electron chi connectivity index (χ0n) is 12.3.